The Hall–Kier alpha value is -3.07. The van der Waals surface area contributed by atoms with Crippen molar-refractivity contribution in [1.29, 1.82) is 0 Å². The Labute approximate surface area is 184 Å². The minimum atomic E-state index is -0.564. The molecule has 4 rings (SSSR count). The summed E-state index contributed by atoms with van der Waals surface area (Å²) in [6.45, 7) is 0.317. The molecule has 2 atom stereocenters. The average Bonchev–Trinajstić information content (AvgIpc) is 3.36. The largest absolute Gasteiger partial charge is 0.493 e. The first-order chi connectivity index (χ1) is 15.0. The van der Waals surface area contributed by atoms with Gasteiger partial charge in [-0.2, -0.15) is 0 Å². The van der Waals surface area contributed by atoms with E-state index >= 15 is 0 Å². The number of methoxy groups -OCH3 is 4. The zero-order valence-corrected chi connectivity index (χ0v) is 18.6. The summed E-state index contributed by atoms with van der Waals surface area (Å²) in [5.41, 5.74) is 2.19. The number of hydrogen-bond acceptors (Lipinski definition) is 7. The molecule has 1 saturated heterocycles. The lowest BCUT2D eigenvalue weighted by molar-refractivity contribution is -0.124. The highest BCUT2D eigenvalue weighted by Gasteiger charge is 2.50. The maximum absolute atomic E-state index is 13.2. The van der Waals surface area contributed by atoms with E-state index in [1.54, 1.807) is 43.0 Å². The number of hydrogen-bond donors (Lipinski definition) is 1. The standard InChI is InChI=1S/C22H24N2O6S/c1-27-15-7-5-12(9-17(15)29-3)10-23-20(25)14-11-31-22-13-6-8-16(28-2)19(30-4)18(13)21(26)24(14)22/h5-9,14,22H,10-11H2,1-4H3,(H,23,25). The number of fused-ring (bicyclic) bond motifs is 3. The van der Waals surface area contributed by atoms with Gasteiger partial charge in [0.2, 0.25) is 5.91 Å². The fraction of sp³-hybridized carbons (Fsp3) is 0.364. The predicted octanol–water partition coefficient (Wildman–Crippen LogP) is 2.61. The number of ether oxygens (including phenoxy) is 4. The molecule has 31 heavy (non-hydrogen) atoms. The molecule has 2 aromatic carbocycles. The molecular formula is C22H24N2O6S. The van der Waals surface area contributed by atoms with Crippen LogP contribution in [0.15, 0.2) is 30.3 Å². The molecule has 164 valence electrons. The van der Waals surface area contributed by atoms with Gasteiger partial charge in [0.15, 0.2) is 23.0 Å². The highest BCUT2D eigenvalue weighted by molar-refractivity contribution is 7.99. The first-order valence-electron chi connectivity index (χ1n) is 9.71. The van der Waals surface area contributed by atoms with Gasteiger partial charge < -0.3 is 29.2 Å². The van der Waals surface area contributed by atoms with Crippen LogP contribution in [-0.2, 0) is 11.3 Å². The number of carbonyl (C=O) groups excluding carboxylic acids is 2. The van der Waals surface area contributed by atoms with E-state index in [0.29, 0.717) is 40.9 Å². The number of nitrogens with one attached hydrogen (secondary N) is 1. The molecule has 9 heteroatoms. The number of nitrogens with zero attached hydrogens (tertiary/aromatic N) is 1. The summed E-state index contributed by atoms with van der Waals surface area (Å²) < 4.78 is 21.3. The fourth-order valence-electron chi connectivity index (χ4n) is 3.99. The van der Waals surface area contributed by atoms with Crippen LogP contribution in [0.2, 0.25) is 0 Å². The number of amides is 2. The van der Waals surface area contributed by atoms with E-state index in [9.17, 15) is 9.59 Å². The van der Waals surface area contributed by atoms with Gasteiger partial charge >= 0.3 is 0 Å². The maximum atomic E-state index is 13.2. The van der Waals surface area contributed by atoms with E-state index in [0.717, 1.165) is 11.1 Å². The van der Waals surface area contributed by atoms with Crippen LogP contribution in [0.25, 0.3) is 0 Å². The third-order valence-corrected chi connectivity index (χ3v) is 6.81. The minimum Gasteiger partial charge on any atom is -0.493 e. The summed E-state index contributed by atoms with van der Waals surface area (Å²) in [5, 5.41) is 2.73. The molecule has 0 bridgehead atoms. The summed E-state index contributed by atoms with van der Waals surface area (Å²) in [5.74, 6) is 2.24. The van der Waals surface area contributed by atoms with Gasteiger partial charge in [-0.05, 0) is 23.8 Å². The fourth-order valence-corrected chi connectivity index (χ4v) is 5.45. The molecule has 0 radical (unpaired) electrons. The van der Waals surface area contributed by atoms with Gasteiger partial charge in [-0.25, -0.2) is 0 Å². The quantitative estimate of drug-likeness (QED) is 0.703. The van der Waals surface area contributed by atoms with Crippen molar-refractivity contribution in [3.05, 3.63) is 47.0 Å². The van der Waals surface area contributed by atoms with Gasteiger partial charge in [0.1, 0.15) is 11.4 Å². The van der Waals surface area contributed by atoms with Crippen LogP contribution >= 0.6 is 11.8 Å². The normalized spacial score (nSPS) is 19.0. The van der Waals surface area contributed by atoms with Gasteiger partial charge in [0.05, 0.1) is 34.0 Å². The number of rotatable bonds is 7. The number of thioether (sulfide) groups is 1. The van der Waals surface area contributed by atoms with E-state index in [2.05, 4.69) is 5.32 Å². The smallest absolute Gasteiger partial charge is 0.260 e. The lowest BCUT2D eigenvalue weighted by Gasteiger charge is -2.22. The number of benzene rings is 2. The van der Waals surface area contributed by atoms with Crippen molar-refractivity contribution in [2.75, 3.05) is 34.2 Å². The molecule has 2 aromatic rings. The molecule has 2 aliphatic rings. The van der Waals surface area contributed by atoms with E-state index in [-0.39, 0.29) is 17.2 Å². The van der Waals surface area contributed by atoms with Gasteiger partial charge in [0.25, 0.3) is 5.91 Å². The summed E-state index contributed by atoms with van der Waals surface area (Å²) in [6.07, 6.45) is 0. The molecule has 2 unspecified atom stereocenters. The molecule has 0 aliphatic carbocycles. The van der Waals surface area contributed by atoms with Crippen molar-refractivity contribution in [2.24, 2.45) is 0 Å². The van der Waals surface area contributed by atoms with Crippen LogP contribution in [0.4, 0.5) is 0 Å². The van der Waals surface area contributed by atoms with E-state index < -0.39 is 6.04 Å². The lowest BCUT2D eigenvalue weighted by Crippen LogP contribution is -2.45. The van der Waals surface area contributed by atoms with Crippen LogP contribution in [0, 0.1) is 0 Å². The highest BCUT2D eigenvalue weighted by atomic mass is 32.2. The Balaban J connectivity index is 1.51. The average molecular weight is 445 g/mol. The minimum absolute atomic E-state index is 0.197. The van der Waals surface area contributed by atoms with Gasteiger partial charge in [-0.1, -0.05) is 12.1 Å². The summed E-state index contributed by atoms with van der Waals surface area (Å²) in [4.78, 5) is 27.9. The maximum Gasteiger partial charge on any atom is 0.260 e. The van der Waals surface area contributed by atoms with Crippen molar-refractivity contribution in [1.82, 2.24) is 10.2 Å². The number of carbonyl (C=O) groups is 2. The van der Waals surface area contributed by atoms with Crippen LogP contribution < -0.4 is 24.3 Å². The Kier molecular flexibility index (Phi) is 5.86. The zero-order valence-electron chi connectivity index (χ0n) is 17.8. The molecule has 1 N–H and O–H groups in total. The van der Waals surface area contributed by atoms with Gasteiger partial charge in [0, 0.05) is 17.9 Å². The first-order valence-corrected chi connectivity index (χ1v) is 10.8. The lowest BCUT2D eigenvalue weighted by atomic mass is 10.1. The Morgan fingerprint density at radius 3 is 2.42 bits per heavy atom. The van der Waals surface area contributed by atoms with Crippen LogP contribution in [0.5, 0.6) is 23.0 Å². The third kappa shape index (κ3) is 3.52. The van der Waals surface area contributed by atoms with E-state index in [4.69, 9.17) is 18.9 Å². The molecule has 0 spiro atoms. The Morgan fingerprint density at radius 2 is 1.74 bits per heavy atom. The van der Waals surface area contributed by atoms with Gasteiger partial charge in [-0.15, -0.1) is 11.8 Å². The van der Waals surface area contributed by atoms with Gasteiger partial charge in [-0.3, -0.25) is 9.59 Å². The van der Waals surface area contributed by atoms with Crippen molar-refractivity contribution in [3.63, 3.8) is 0 Å². The topological polar surface area (TPSA) is 86.3 Å². The van der Waals surface area contributed by atoms with Crippen molar-refractivity contribution < 1.29 is 28.5 Å². The van der Waals surface area contributed by atoms with Crippen molar-refractivity contribution in [2.45, 2.75) is 18.0 Å². The Bertz CT molecular complexity index is 1030. The van der Waals surface area contributed by atoms with Crippen LogP contribution in [0.1, 0.15) is 26.9 Å². The molecular weight excluding hydrogens is 420 g/mol. The molecule has 0 aromatic heterocycles. The van der Waals surface area contributed by atoms with Crippen LogP contribution in [0.3, 0.4) is 0 Å². The zero-order chi connectivity index (χ0) is 22.1. The summed E-state index contributed by atoms with van der Waals surface area (Å²) in [6, 6.07) is 8.57. The molecule has 8 nitrogen and oxygen atoms in total. The molecule has 2 heterocycles. The van der Waals surface area contributed by atoms with E-state index in [1.165, 1.54) is 14.2 Å². The monoisotopic (exact) mass is 444 g/mol. The Morgan fingerprint density at radius 1 is 1.03 bits per heavy atom. The van der Waals surface area contributed by atoms with Crippen LogP contribution in [-0.4, -0.2) is 56.9 Å². The molecule has 2 aliphatic heterocycles. The molecule has 0 saturated carbocycles. The SMILES string of the molecule is COc1ccc(CNC(=O)C2CSC3c4ccc(OC)c(OC)c4C(=O)N23)cc1OC. The predicted molar refractivity (Wildman–Crippen MR) is 116 cm³/mol. The summed E-state index contributed by atoms with van der Waals surface area (Å²) >= 11 is 1.57. The summed E-state index contributed by atoms with van der Waals surface area (Å²) in [7, 11) is 6.18. The van der Waals surface area contributed by atoms with E-state index in [1.807, 2.05) is 18.2 Å². The second-order valence-corrected chi connectivity index (χ2v) is 8.20. The highest BCUT2D eigenvalue weighted by Crippen LogP contribution is 2.52. The first kappa shape index (κ1) is 21.2. The van der Waals surface area contributed by atoms with Crippen molar-refractivity contribution in [3.8, 4) is 23.0 Å². The molecule has 1 fully saturated rings. The molecule has 2 amide bonds. The van der Waals surface area contributed by atoms with Crippen molar-refractivity contribution >= 4 is 23.6 Å². The third-order valence-electron chi connectivity index (χ3n) is 5.51. The second-order valence-electron chi connectivity index (χ2n) is 7.09. The second kappa shape index (κ2) is 8.58.